The number of carboxylic acid groups (broad SMARTS) is 1. The number of tetrazole rings is 1. The molecule has 1 aliphatic rings. The van der Waals surface area contributed by atoms with E-state index in [1.807, 2.05) is 30.3 Å². The first-order valence-electron chi connectivity index (χ1n) is 12.9. The smallest absolute Gasteiger partial charge is 0.305 e. The van der Waals surface area contributed by atoms with E-state index in [-0.39, 0.29) is 24.8 Å². The molecule has 0 aliphatic carbocycles. The molecule has 0 radical (unpaired) electrons. The van der Waals surface area contributed by atoms with Crippen LogP contribution < -0.4 is 0 Å². The third kappa shape index (κ3) is 6.07. The minimum atomic E-state index is -0.902. The average Bonchev–Trinajstić information content (AvgIpc) is 3.39. The van der Waals surface area contributed by atoms with Gasteiger partial charge in [-0.2, -0.15) is 4.80 Å². The molecular weight excluding hydrogens is 480 g/mol. The monoisotopic (exact) mass is 512 g/mol. The Morgan fingerprint density at radius 3 is 2.50 bits per heavy atom. The Kier molecular flexibility index (Phi) is 7.76. The van der Waals surface area contributed by atoms with Crippen LogP contribution in [-0.4, -0.2) is 71.9 Å². The molecule has 0 bridgehead atoms. The maximum Gasteiger partial charge on any atom is 0.305 e. The van der Waals surface area contributed by atoms with Crippen LogP contribution in [0.4, 0.5) is 0 Å². The lowest BCUT2D eigenvalue weighted by Crippen LogP contribution is -2.52. The van der Waals surface area contributed by atoms with Crippen LogP contribution in [0, 0.1) is 0 Å². The zero-order valence-corrected chi connectivity index (χ0v) is 21.4. The Hall–Kier alpha value is -4.08. The van der Waals surface area contributed by atoms with Gasteiger partial charge in [0, 0.05) is 37.8 Å². The molecule has 2 atom stereocenters. The summed E-state index contributed by atoms with van der Waals surface area (Å²) in [4.78, 5) is 17.1. The topological polar surface area (TPSA) is 108 Å². The van der Waals surface area contributed by atoms with Crippen LogP contribution in [-0.2, 0) is 17.9 Å². The normalized spacial score (nSPS) is 17.3. The van der Waals surface area contributed by atoms with Crippen LogP contribution >= 0.6 is 0 Å². The van der Waals surface area contributed by atoms with Gasteiger partial charge in [0.25, 0.3) is 0 Å². The lowest BCUT2D eigenvalue weighted by atomic mass is 9.93. The SMILES string of the molecule is C[C@H]1CN(Cc2ccccc2)CCN1[C@H](c1ccc(-c2nnn(CCC(=O)O)n2)cc1)c1cccc(O)c1. The molecule has 9 nitrogen and oxygen atoms in total. The van der Waals surface area contributed by atoms with E-state index in [2.05, 4.69) is 74.6 Å². The number of benzene rings is 3. The molecule has 196 valence electrons. The quantitative estimate of drug-likeness (QED) is 0.349. The van der Waals surface area contributed by atoms with Gasteiger partial charge in [-0.25, -0.2) is 0 Å². The molecule has 5 rings (SSSR count). The van der Waals surface area contributed by atoms with Gasteiger partial charge < -0.3 is 10.2 Å². The Balaban J connectivity index is 1.36. The molecule has 2 heterocycles. The summed E-state index contributed by atoms with van der Waals surface area (Å²) in [6.45, 7) is 6.18. The van der Waals surface area contributed by atoms with Crippen molar-refractivity contribution < 1.29 is 15.0 Å². The van der Waals surface area contributed by atoms with Crippen molar-refractivity contribution in [2.75, 3.05) is 19.6 Å². The number of hydrogen-bond donors (Lipinski definition) is 2. The Morgan fingerprint density at radius 1 is 1.00 bits per heavy atom. The number of piperazine rings is 1. The van der Waals surface area contributed by atoms with Crippen molar-refractivity contribution in [1.82, 2.24) is 30.0 Å². The molecule has 3 aromatic carbocycles. The van der Waals surface area contributed by atoms with Gasteiger partial charge in [0.2, 0.25) is 5.82 Å². The number of hydrogen-bond acceptors (Lipinski definition) is 7. The number of aromatic hydroxyl groups is 1. The zero-order valence-electron chi connectivity index (χ0n) is 21.4. The summed E-state index contributed by atoms with van der Waals surface area (Å²) in [5, 5.41) is 31.5. The van der Waals surface area contributed by atoms with Crippen LogP contribution in [0.25, 0.3) is 11.4 Å². The van der Waals surface area contributed by atoms with Gasteiger partial charge in [-0.3, -0.25) is 14.6 Å². The maximum atomic E-state index is 10.8. The largest absolute Gasteiger partial charge is 0.508 e. The lowest BCUT2D eigenvalue weighted by Gasteiger charge is -2.44. The number of nitrogens with zero attached hydrogens (tertiary/aromatic N) is 6. The number of phenols is 1. The summed E-state index contributed by atoms with van der Waals surface area (Å²) >= 11 is 0. The summed E-state index contributed by atoms with van der Waals surface area (Å²) in [6, 6.07) is 26.4. The fraction of sp³-hybridized carbons (Fsp3) is 0.310. The first-order valence-corrected chi connectivity index (χ1v) is 12.9. The average molecular weight is 513 g/mol. The van der Waals surface area contributed by atoms with E-state index in [9.17, 15) is 9.90 Å². The fourth-order valence-electron chi connectivity index (χ4n) is 5.15. The van der Waals surface area contributed by atoms with Gasteiger partial charge in [-0.05, 0) is 41.0 Å². The van der Waals surface area contributed by atoms with Gasteiger partial charge in [-0.1, -0.05) is 66.7 Å². The van der Waals surface area contributed by atoms with E-state index in [1.54, 1.807) is 6.07 Å². The van der Waals surface area contributed by atoms with Crippen LogP contribution in [0.5, 0.6) is 5.75 Å². The van der Waals surface area contributed by atoms with E-state index in [1.165, 1.54) is 10.4 Å². The fourth-order valence-corrected chi connectivity index (χ4v) is 5.15. The van der Waals surface area contributed by atoms with Crippen LogP contribution in [0.1, 0.15) is 36.1 Å². The minimum absolute atomic E-state index is 0.0239. The number of carbonyl (C=O) groups is 1. The van der Waals surface area contributed by atoms with E-state index < -0.39 is 5.97 Å². The third-order valence-corrected chi connectivity index (χ3v) is 6.99. The van der Waals surface area contributed by atoms with Crippen molar-refractivity contribution in [3.8, 4) is 17.1 Å². The van der Waals surface area contributed by atoms with Gasteiger partial charge in [0.05, 0.1) is 19.0 Å². The van der Waals surface area contributed by atoms with Crippen LogP contribution in [0.3, 0.4) is 0 Å². The molecule has 2 N–H and O–H groups in total. The number of rotatable bonds is 9. The van der Waals surface area contributed by atoms with E-state index in [0.717, 1.165) is 42.9 Å². The van der Waals surface area contributed by atoms with E-state index in [0.29, 0.717) is 11.9 Å². The highest BCUT2D eigenvalue weighted by Gasteiger charge is 2.31. The van der Waals surface area contributed by atoms with Crippen molar-refractivity contribution in [1.29, 1.82) is 0 Å². The van der Waals surface area contributed by atoms with Crippen molar-refractivity contribution in [2.24, 2.45) is 0 Å². The standard InChI is InChI=1S/C29H32N6O3/c1-21-19-33(20-22-6-3-2-4-7-22)16-17-34(21)28(25-8-5-9-26(36)18-25)23-10-12-24(13-11-23)29-30-32-35(31-29)15-14-27(37)38/h2-13,18,21,28,36H,14-17,19-20H2,1H3,(H,37,38)/t21-,28+/m0/s1. The Labute approximate surface area is 221 Å². The summed E-state index contributed by atoms with van der Waals surface area (Å²) in [5.74, 6) is -0.193. The highest BCUT2D eigenvalue weighted by Crippen LogP contribution is 2.34. The zero-order chi connectivity index (χ0) is 26.5. The van der Waals surface area contributed by atoms with Gasteiger partial charge >= 0.3 is 5.97 Å². The van der Waals surface area contributed by atoms with Crippen molar-refractivity contribution in [3.63, 3.8) is 0 Å². The van der Waals surface area contributed by atoms with Crippen molar-refractivity contribution in [2.45, 2.75) is 38.5 Å². The summed E-state index contributed by atoms with van der Waals surface area (Å²) in [6.07, 6.45) is -0.0584. The molecule has 0 saturated carbocycles. The molecule has 4 aromatic rings. The molecule has 9 heteroatoms. The van der Waals surface area contributed by atoms with Crippen LogP contribution in [0.2, 0.25) is 0 Å². The molecule has 38 heavy (non-hydrogen) atoms. The minimum Gasteiger partial charge on any atom is -0.508 e. The second-order valence-corrected chi connectivity index (χ2v) is 9.78. The van der Waals surface area contributed by atoms with E-state index >= 15 is 0 Å². The molecule has 0 unspecified atom stereocenters. The number of carboxylic acids is 1. The molecule has 1 aliphatic heterocycles. The van der Waals surface area contributed by atoms with Crippen molar-refractivity contribution in [3.05, 3.63) is 95.6 Å². The predicted octanol–water partition coefficient (Wildman–Crippen LogP) is 3.82. The van der Waals surface area contributed by atoms with Gasteiger partial charge in [-0.15, -0.1) is 10.2 Å². The van der Waals surface area contributed by atoms with Crippen LogP contribution in [0.15, 0.2) is 78.9 Å². The first kappa shape index (κ1) is 25.6. The van der Waals surface area contributed by atoms with E-state index in [4.69, 9.17) is 5.11 Å². The number of aliphatic carboxylic acids is 1. The maximum absolute atomic E-state index is 10.8. The molecular formula is C29H32N6O3. The first-order chi connectivity index (χ1) is 18.5. The summed E-state index contributed by atoms with van der Waals surface area (Å²) < 4.78 is 0. The van der Waals surface area contributed by atoms with Gasteiger partial charge in [0.15, 0.2) is 0 Å². The second kappa shape index (κ2) is 11.5. The summed E-state index contributed by atoms with van der Waals surface area (Å²) in [5.41, 5.74) is 4.28. The molecule has 0 spiro atoms. The Bertz CT molecular complexity index is 1360. The van der Waals surface area contributed by atoms with Crippen molar-refractivity contribution >= 4 is 5.97 Å². The third-order valence-electron chi connectivity index (χ3n) is 6.99. The molecule has 1 saturated heterocycles. The molecule has 0 amide bonds. The highest BCUT2D eigenvalue weighted by atomic mass is 16.4. The molecule has 1 aromatic heterocycles. The highest BCUT2D eigenvalue weighted by molar-refractivity contribution is 5.66. The number of aromatic nitrogens is 4. The Morgan fingerprint density at radius 2 is 1.79 bits per heavy atom. The molecule has 1 fully saturated rings. The summed E-state index contributed by atoms with van der Waals surface area (Å²) in [7, 11) is 0. The predicted molar refractivity (Wildman–Crippen MR) is 143 cm³/mol. The lowest BCUT2D eigenvalue weighted by molar-refractivity contribution is -0.137. The van der Waals surface area contributed by atoms with Gasteiger partial charge in [0.1, 0.15) is 5.75 Å². The number of aryl methyl sites for hydroxylation is 1. The number of phenolic OH excluding ortho intramolecular Hbond substituents is 1. The second-order valence-electron chi connectivity index (χ2n) is 9.78.